The highest BCUT2D eigenvalue weighted by Crippen LogP contribution is 2.28. The first kappa shape index (κ1) is 19.1. The minimum atomic E-state index is -0.336. The summed E-state index contributed by atoms with van der Waals surface area (Å²) in [7, 11) is 0. The van der Waals surface area contributed by atoms with Crippen LogP contribution in [0.15, 0.2) is 53.7 Å². The summed E-state index contributed by atoms with van der Waals surface area (Å²) in [4.78, 5) is 20.7. The lowest BCUT2D eigenvalue weighted by Crippen LogP contribution is -2.14. The van der Waals surface area contributed by atoms with Crippen LogP contribution in [0.1, 0.15) is 34.4 Å². The van der Waals surface area contributed by atoms with Gasteiger partial charge in [0, 0.05) is 22.2 Å². The monoisotopic (exact) mass is 406 g/mol. The van der Waals surface area contributed by atoms with Crippen LogP contribution in [0.3, 0.4) is 0 Å². The van der Waals surface area contributed by atoms with Crippen LogP contribution in [0.2, 0.25) is 0 Å². The number of hydrogen-bond acceptors (Lipinski definition) is 4. The molecule has 0 amide bonds. The molecule has 0 bridgehead atoms. The fraction of sp³-hybridized carbons (Fsp3) is 0.136. The summed E-state index contributed by atoms with van der Waals surface area (Å²) >= 11 is 1.31. The molecule has 4 aromatic rings. The lowest BCUT2D eigenvalue weighted by molar-refractivity contribution is 0.0995. The van der Waals surface area contributed by atoms with Gasteiger partial charge in [-0.1, -0.05) is 48.2 Å². The fourth-order valence-corrected chi connectivity index (χ4v) is 3.93. The zero-order valence-corrected chi connectivity index (χ0v) is 16.8. The predicted molar refractivity (Wildman–Crippen MR) is 114 cm³/mol. The number of hydrogen-bond donors (Lipinski definition) is 2. The third-order valence-corrected chi connectivity index (χ3v) is 5.54. The highest BCUT2D eigenvalue weighted by Gasteiger charge is 2.23. The van der Waals surface area contributed by atoms with Crippen LogP contribution in [-0.2, 0) is 0 Å². The van der Waals surface area contributed by atoms with Crippen LogP contribution in [0.4, 0.5) is 4.39 Å². The normalized spacial score (nSPS) is 12.7. The highest BCUT2D eigenvalue weighted by molar-refractivity contribution is 8.00. The number of benzene rings is 2. The van der Waals surface area contributed by atoms with E-state index in [1.54, 1.807) is 18.2 Å². The van der Waals surface area contributed by atoms with Crippen molar-refractivity contribution < 1.29 is 9.18 Å². The Bertz CT molecular complexity index is 1190. The minimum absolute atomic E-state index is 0.0400. The number of nitrogens with one attached hydrogen (secondary N) is 2. The van der Waals surface area contributed by atoms with Gasteiger partial charge < -0.3 is 4.98 Å². The molecule has 0 aliphatic heterocycles. The molecule has 1 atom stereocenters. The van der Waals surface area contributed by atoms with Crippen molar-refractivity contribution >= 4 is 40.6 Å². The van der Waals surface area contributed by atoms with Gasteiger partial charge in [0.05, 0.1) is 5.25 Å². The second-order valence-electron chi connectivity index (χ2n) is 6.68. The summed E-state index contributed by atoms with van der Waals surface area (Å²) < 4.78 is 13.0. The van der Waals surface area contributed by atoms with Gasteiger partial charge in [-0.2, -0.15) is 0 Å². The Kier molecular flexibility index (Phi) is 5.31. The molecule has 5 nitrogen and oxygen atoms in total. The summed E-state index contributed by atoms with van der Waals surface area (Å²) in [5, 5.41) is 8.13. The number of H-pyrrole nitrogens is 2. The molecule has 7 heteroatoms. The summed E-state index contributed by atoms with van der Waals surface area (Å²) in [5.41, 5.74) is 3.39. The van der Waals surface area contributed by atoms with Crippen molar-refractivity contribution in [3.8, 4) is 0 Å². The standard InChI is InChI=1S/C22H19FN4OS/c1-13-20(17-5-3-4-6-18(17)24-13)21(28)14(2)29-22-25-19(26-27-22)12-9-15-7-10-16(23)11-8-15/h3-12,14,24H,1-2H3,(H,25,26,27)/b12-9+. The van der Waals surface area contributed by atoms with Gasteiger partial charge in [0.15, 0.2) is 5.78 Å². The number of Topliss-reactive ketones (excluding diaryl/α,β-unsaturated/α-hetero) is 1. The van der Waals surface area contributed by atoms with Crippen molar-refractivity contribution in [1.82, 2.24) is 20.2 Å². The molecule has 4 rings (SSSR count). The number of aromatic nitrogens is 4. The van der Waals surface area contributed by atoms with Crippen LogP contribution in [0.5, 0.6) is 0 Å². The first-order valence-corrected chi connectivity index (χ1v) is 10.0. The van der Waals surface area contributed by atoms with Crippen molar-refractivity contribution in [2.75, 3.05) is 0 Å². The Morgan fingerprint density at radius 1 is 1.14 bits per heavy atom. The zero-order chi connectivity index (χ0) is 20.4. The predicted octanol–water partition coefficient (Wildman–Crippen LogP) is 5.27. The van der Waals surface area contributed by atoms with E-state index in [0.717, 1.165) is 22.2 Å². The SMILES string of the molecule is Cc1[nH]c2ccccc2c1C(=O)C(C)Sc1n[nH]c(/C=C/c2ccc(F)cc2)n1. The number of ketones is 1. The van der Waals surface area contributed by atoms with Crippen LogP contribution in [0.25, 0.3) is 23.1 Å². The number of rotatable bonds is 6. The second-order valence-corrected chi connectivity index (χ2v) is 7.99. The lowest BCUT2D eigenvalue weighted by atomic mass is 10.1. The van der Waals surface area contributed by atoms with Crippen LogP contribution in [-0.4, -0.2) is 31.2 Å². The number of thioether (sulfide) groups is 1. The summed E-state index contributed by atoms with van der Waals surface area (Å²) in [6.07, 6.45) is 3.58. The first-order valence-electron chi connectivity index (χ1n) is 9.15. The van der Waals surface area contributed by atoms with Crippen LogP contribution >= 0.6 is 11.8 Å². The smallest absolute Gasteiger partial charge is 0.209 e. The van der Waals surface area contributed by atoms with E-state index in [-0.39, 0.29) is 16.9 Å². The van der Waals surface area contributed by atoms with Gasteiger partial charge in [-0.3, -0.25) is 9.89 Å². The van der Waals surface area contributed by atoms with Crippen molar-refractivity contribution in [3.05, 3.63) is 77.0 Å². The van der Waals surface area contributed by atoms with Crippen molar-refractivity contribution in [3.63, 3.8) is 0 Å². The number of carbonyl (C=O) groups is 1. The topological polar surface area (TPSA) is 74.4 Å². The van der Waals surface area contributed by atoms with Gasteiger partial charge in [0.1, 0.15) is 11.6 Å². The van der Waals surface area contributed by atoms with Crippen LogP contribution < -0.4 is 0 Å². The molecular weight excluding hydrogens is 387 g/mol. The molecule has 0 saturated heterocycles. The lowest BCUT2D eigenvalue weighted by Gasteiger charge is -2.08. The van der Waals surface area contributed by atoms with E-state index in [9.17, 15) is 9.18 Å². The number of aryl methyl sites for hydroxylation is 1. The van der Waals surface area contributed by atoms with Gasteiger partial charge in [-0.25, -0.2) is 9.37 Å². The molecule has 2 aromatic carbocycles. The molecule has 0 fully saturated rings. The minimum Gasteiger partial charge on any atom is -0.358 e. The quantitative estimate of drug-likeness (QED) is 0.338. The molecule has 0 radical (unpaired) electrons. The van der Waals surface area contributed by atoms with Gasteiger partial charge in [-0.15, -0.1) is 5.10 Å². The molecule has 2 heterocycles. The molecule has 146 valence electrons. The third kappa shape index (κ3) is 4.14. The number of carbonyl (C=O) groups excluding carboxylic acids is 1. The Balaban J connectivity index is 1.47. The molecule has 2 aromatic heterocycles. The Morgan fingerprint density at radius 2 is 1.90 bits per heavy atom. The third-order valence-electron chi connectivity index (χ3n) is 4.58. The summed E-state index contributed by atoms with van der Waals surface area (Å²) in [6.45, 7) is 3.77. The Hall–Kier alpha value is -3.19. The molecule has 2 N–H and O–H groups in total. The van der Waals surface area contributed by atoms with E-state index in [1.807, 2.05) is 44.2 Å². The molecule has 1 unspecified atom stereocenters. The average Bonchev–Trinajstić information content (AvgIpc) is 3.30. The summed E-state index contributed by atoms with van der Waals surface area (Å²) in [6, 6.07) is 14.0. The van der Waals surface area contributed by atoms with E-state index in [4.69, 9.17) is 0 Å². The van der Waals surface area contributed by atoms with Crippen molar-refractivity contribution in [2.45, 2.75) is 24.3 Å². The van der Waals surface area contributed by atoms with Crippen molar-refractivity contribution in [1.29, 1.82) is 0 Å². The second kappa shape index (κ2) is 8.05. The Labute approximate surface area is 171 Å². The average molecular weight is 406 g/mol. The van der Waals surface area contributed by atoms with E-state index >= 15 is 0 Å². The van der Waals surface area contributed by atoms with E-state index < -0.39 is 0 Å². The number of halogens is 1. The Morgan fingerprint density at radius 3 is 2.69 bits per heavy atom. The van der Waals surface area contributed by atoms with E-state index in [1.165, 1.54) is 23.9 Å². The number of fused-ring (bicyclic) bond motifs is 1. The van der Waals surface area contributed by atoms with Crippen LogP contribution in [0, 0.1) is 12.7 Å². The van der Waals surface area contributed by atoms with Gasteiger partial charge >= 0.3 is 0 Å². The number of aromatic amines is 2. The molecule has 0 saturated carbocycles. The first-order chi connectivity index (χ1) is 14.0. The molecule has 0 spiro atoms. The maximum Gasteiger partial charge on any atom is 0.209 e. The van der Waals surface area contributed by atoms with Gasteiger partial charge in [0.25, 0.3) is 0 Å². The summed E-state index contributed by atoms with van der Waals surface area (Å²) in [5.74, 6) is 0.336. The molecular formula is C22H19FN4OS. The highest BCUT2D eigenvalue weighted by atomic mass is 32.2. The maximum absolute atomic E-state index is 13.0. The van der Waals surface area contributed by atoms with E-state index in [0.29, 0.717) is 16.5 Å². The molecule has 29 heavy (non-hydrogen) atoms. The fourth-order valence-electron chi connectivity index (χ4n) is 3.14. The van der Waals surface area contributed by atoms with Gasteiger partial charge in [0.2, 0.25) is 5.16 Å². The van der Waals surface area contributed by atoms with Crippen molar-refractivity contribution in [2.24, 2.45) is 0 Å². The zero-order valence-electron chi connectivity index (χ0n) is 15.9. The largest absolute Gasteiger partial charge is 0.358 e. The van der Waals surface area contributed by atoms with Gasteiger partial charge in [-0.05, 0) is 43.7 Å². The number of nitrogens with zero attached hydrogens (tertiary/aromatic N) is 2. The molecule has 0 aliphatic carbocycles. The number of para-hydroxylation sites is 1. The van der Waals surface area contributed by atoms with E-state index in [2.05, 4.69) is 20.2 Å². The maximum atomic E-state index is 13.0. The molecule has 0 aliphatic rings.